The van der Waals surface area contributed by atoms with Gasteiger partial charge in [0.2, 0.25) is 0 Å². The van der Waals surface area contributed by atoms with Gasteiger partial charge in [-0.2, -0.15) is 5.10 Å². The maximum Gasteiger partial charge on any atom is 0.130 e. The maximum absolute atomic E-state index is 10.3. The van der Waals surface area contributed by atoms with Gasteiger partial charge >= 0.3 is 0 Å². The van der Waals surface area contributed by atoms with Gasteiger partial charge in [-0.1, -0.05) is 6.92 Å². The van der Waals surface area contributed by atoms with E-state index in [1.807, 2.05) is 35.3 Å². The van der Waals surface area contributed by atoms with Gasteiger partial charge in [0, 0.05) is 36.4 Å². The Labute approximate surface area is 124 Å². The second-order valence-electron chi connectivity index (χ2n) is 5.30. The number of aromatic nitrogens is 2. The lowest BCUT2D eigenvalue weighted by atomic mass is 9.96. The summed E-state index contributed by atoms with van der Waals surface area (Å²) in [5, 5.41) is 14.6. The summed E-state index contributed by atoms with van der Waals surface area (Å²) in [7, 11) is 1.62. The summed E-state index contributed by atoms with van der Waals surface area (Å²) >= 11 is 0. The molecule has 3 rings (SSSR count). The van der Waals surface area contributed by atoms with Gasteiger partial charge in [-0.15, -0.1) is 0 Å². The summed E-state index contributed by atoms with van der Waals surface area (Å²) < 4.78 is 13.2. The van der Waals surface area contributed by atoms with Gasteiger partial charge in [-0.3, -0.25) is 4.68 Å². The van der Waals surface area contributed by atoms with E-state index >= 15 is 0 Å². The Morgan fingerprint density at radius 3 is 3.10 bits per heavy atom. The van der Waals surface area contributed by atoms with Crippen molar-refractivity contribution in [3.05, 3.63) is 41.7 Å². The zero-order valence-electron chi connectivity index (χ0n) is 12.3. The van der Waals surface area contributed by atoms with Crippen molar-refractivity contribution in [2.24, 2.45) is 0 Å². The highest BCUT2D eigenvalue weighted by Gasteiger charge is 2.29. The number of aliphatic hydroxyl groups excluding tert-OH is 1. The summed E-state index contributed by atoms with van der Waals surface area (Å²) in [5.41, 5.74) is 1.81. The molecular weight excluding hydrogens is 268 g/mol. The zero-order chi connectivity index (χ0) is 14.8. The van der Waals surface area contributed by atoms with Crippen LogP contribution in [-0.2, 0) is 6.54 Å². The molecule has 1 unspecified atom stereocenters. The fraction of sp³-hybridized carbons (Fsp3) is 0.438. The molecule has 1 aromatic carbocycles. The van der Waals surface area contributed by atoms with Crippen molar-refractivity contribution < 1.29 is 14.6 Å². The molecule has 0 fully saturated rings. The topological polar surface area (TPSA) is 56.5 Å². The number of aryl methyl sites for hydroxylation is 1. The molecule has 2 atom stereocenters. The van der Waals surface area contributed by atoms with Gasteiger partial charge in [-0.05, 0) is 18.6 Å². The number of benzene rings is 1. The van der Waals surface area contributed by atoms with Crippen LogP contribution in [0, 0.1) is 0 Å². The molecule has 5 heteroatoms. The fourth-order valence-electron chi connectivity index (χ4n) is 2.65. The number of rotatable bonds is 4. The first-order valence-corrected chi connectivity index (χ1v) is 7.26. The van der Waals surface area contributed by atoms with E-state index in [-0.39, 0.29) is 6.10 Å². The largest absolute Gasteiger partial charge is 0.497 e. The van der Waals surface area contributed by atoms with Crippen LogP contribution in [0.15, 0.2) is 30.6 Å². The zero-order valence-corrected chi connectivity index (χ0v) is 12.3. The van der Waals surface area contributed by atoms with Gasteiger partial charge in [-0.25, -0.2) is 0 Å². The summed E-state index contributed by atoms with van der Waals surface area (Å²) in [5.74, 6) is 1.41. The third-order valence-corrected chi connectivity index (χ3v) is 3.76. The van der Waals surface area contributed by atoms with Crippen molar-refractivity contribution in [1.29, 1.82) is 0 Å². The highest BCUT2D eigenvalue weighted by Crippen LogP contribution is 2.42. The van der Waals surface area contributed by atoms with Crippen molar-refractivity contribution in [3.8, 4) is 11.5 Å². The van der Waals surface area contributed by atoms with E-state index < -0.39 is 6.10 Å². The lowest BCUT2D eigenvalue weighted by molar-refractivity contribution is 0.0654. The summed E-state index contributed by atoms with van der Waals surface area (Å²) in [4.78, 5) is 0. The second kappa shape index (κ2) is 5.77. The van der Waals surface area contributed by atoms with Crippen LogP contribution in [-0.4, -0.2) is 22.0 Å². The molecular formula is C16H20N2O3. The van der Waals surface area contributed by atoms with Gasteiger partial charge < -0.3 is 14.6 Å². The average Bonchev–Trinajstić information content (AvgIpc) is 2.95. The maximum atomic E-state index is 10.3. The lowest BCUT2D eigenvalue weighted by Crippen LogP contribution is -2.18. The molecule has 2 aromatic rings. The normalized spacial score (nSPS) is 20.7. The Balaban J connectivity index is 1.85. The molecule has 1 aliphatic heterocycles. The van der Waals surface area contributed by atoms with Crippen LogP contribution in [0.25, 0.3) is 0 Å². The van der Waals surface area contributed by atoms with Crippen LogP contribution < -0.4 is 9.47 Å². The minimum Gasteiger partial charge on any atom is -0.497 e. The quantitative estimate of drug-likeness (QED) is 0.940. The van der Waals surface area contributed by atoms with Crippen molar-refractivity contribution >= 4 is 0 Å². The number of methoxy groups -OCH3 is 1. The van der Waals surface area contributed by atoms with Crippen LogP contribution >= 0.6 is 0 Å². The number of aliphatic hydroxyl groups is 1. The molecule has 112 valence electrons. The molecule has 1 aliphatic rings. The molecule has 21 heavy (non-hydrogen) atoms. The monoisotopic (exact) mass is 288 g/mol. The van der Waals surface area contributed by atoms with Crippen molar-refractivity contribution in [1.82, 2.24) is 9.78 Å². The van der Waals surface area contributed by atoms with E-state index in [1.165, 1.54) is 0 Å². The van der Waals surface area contributed by atoms with E-state index in [9.17, 15) is 5.11 Å². The molecule has 0 saturated carbocycles. The van der Waals surface area contributed by atoms with Crippen LogP contribution in [0.4, 0.5) is 0 Å². The van der Waals surface area contributed by atoms with E-state index in [2.05, 4.69) is 12.0 Å². The predicted molar refractivity (Wildman–Crippen MR) is 78.5 cm³/mol. The highest BCUT2D eigenvalue weighted by molar-refractivity contribution is 5.43. The number of fused-ring (bicyclic) bond motifs is 1. The molecule has 0 bridgehead atoms. The highest BCUT2D eigenvalue weighted by atomic mass is 16.5. The molecule has 0 saturated heterocycles. The minimum absolute atomic E-state index is 0.176. The molecule has 0 aliphatic carbocycles. The SMILES string of the molecule is CCCn1cc(C2C[C@H](O)c3ccc(OC)cc3O2)cn1. The first kappa shape index (κ1) is 13.9. The van der Waals surface area contributed by atoms with E-state index in [0.717, 1.165) is 29.8 Å². The third kappa shape index (κ3) is 2.74. The van der Waals surface area contributed by atoms with E-state index in [1.54, 1.807) is 7.11 Å². The Morgan fingerprint density at radius 1 is 1.48 bits per heavy atom. The first-order chi connectivity index (χ1) is 10.2. The third-order valence-electron chi connectivity index (χ3n) is 3.76. The summed E-state index contributed by atoms with van der Waals surface area (Å²) in [6.07, 6.45) is 4.68. The average molecular weight is 288 g/mol. The van der Waals surface area contributed by atoms with Crippen molar-refractivity contribution in [2.45, 2.75) is 38.5 Å². The van der Waals surface area contributed by atoms with Crippen LogP contribution in [0.1, 0.15) is 43.1 Å². The van der Waals surface area contributed by atoms with Crippen molar-refractivity contribution in [3.63, 3.8) is 0 Å². The Kier molecular flexibility index (Phi) is 3.84. The van der Waals surface area contributed by atoms with Gasteiger partial charge in [0.25, 0.3) is 0 Å². The standard InChI is InChI=1S/C16H20N2O3/c1-3-6-18-10-11(9-17-18)15-8-14(19)13-5-4-12(20-2)7-16(13)21-15/h4-5,7,9-10,14-15,19H,3,6,8H2,1-2H3/t14-,15?/m0/s1. The number of hydrogen-bond acceptors (Lipinski definition) is 4. The van der Waals surface area contributed by atoms with Crippen LogP contribution in [0.2, 0.25) is 0 Å². The van der Waals surface area contributed by atoms with Crippen LogP contribution in [0.3, 0.4) is 0 Å². The lowest BCUT2D eigenvalue weighted by Gasteiger charge is -2.29. The first-order valence-electron chi connectivity index (χ1n) is 7.26. The molecule has 0 amide bonds. The molecule has 5 nitrogen and oxygen atoms in total. The second-order valence-corrected chi connectivity index (χ2v) is 5.30. The van der Waals surface area contributed by atoms with Crippen LogP contribution in [0.5, 0.6) is 11.5 Å². The van der Waals surface area contributed by atoms with E-state index in [0.29, 0.717) is 12.2 Å². The Bertz CT molecular complexity index is 624. The number of nitrogens with zero attached hydrogens (tertiary/aromatic N) is 2. The Morgan fingerprint density at radius 2 is 2.33 bits per heavy atom. The molecule has 2 heterocycles. The molecule has 0 spiro atoms. The van der Waals surface area contributed by atoms with Gasteiger partial charge in [0.05, 0.1) is 19.4 Å². The molecule has 0 radical (unpaired) electrons. The smallest absolute Gasteiger partial charge is 0.130 e. The fourth-order valence-corrected chi connectivity index (χ4v) is 2.65. The predicted octanol–water partition coefficient (Wildman–Crippen LogP) is 2.86. The van der Waals surface area contributed by atoms with Gasteiger partial charge in [0.1, 0.15) is 17.6 Å². The number of ether oxygens (including phenoxy) is 2. The summed E-state index contributed by atoms with van der Waals surface area (Å²) in [6.45, 7) is 3.00. The summed E-state index contributed by atoms with van der Waals surface area (Å²) in [6, 6.07) is 5.52. The molecule has 1 N–H and O–H groups in total. The van der Waals surface area contributed by atoms with Crippen molar-refractivity contribution in [2.75, 3.05) is 7.11 Å². The van der Waals surface area contributed by atoms with E-state index in [4.69, 9.17) is 9.47 Å². The Hall–Kier alpha value is -2.01. The minimum atomic E-state index is -0.529. The van der Waals surface area contributed by atoms with Gasteiger partial charge in [0.15, 0.2) is 0 Å². The number of hydrogen-bond donors (Lipinski definition) is 1. The molecule has 1 aromatic heterocycles.